The molecule has 0 radical (unpaired) electrons. The van der Waals surface area contributed by atoms with E-state index in [0.717, 1.165) is 64.2 Å². The van der Waals surface area contributed by atoms with E-state index in [1.165, 1.54) is 6.07 Å². The summed E-state index contributed by atoms with van der Waals surface area (Å²) >= 11 is 0. The van der Waals surface area contributed by atoms with E-state index in [0.29, 0.717) is 30.0 Å². The van der Waals surface area contributed by atoms with Gasteiger partial charge in [-0.2, -0.15) is 13.2 Å². The van der Waals surface area contributed by atoms with E-state index in [-0.39, 0.29) is 24.0 Å². The Labute approximate surface area is 199 Å². The fraction of sp³-hybridized carbons (Fsp3) is 0.591. The van der Waals surface area contributed by atoms with Gasteiger partial charge in [0.05, 0.1) is 18.7 Å². The van der Waals surface area contributed by atoms with Gasteiger partial charge in [-0.1, -0.05) is 17.9 Å². The first-order valence-electron chi connectivity index (χ1n) is 10.4. The predicted octanol–water partition coefficient (Wildman–Crippen LogP) is 3.34. The number of aliphatic imine (C=N–C) groups is 1. The van der Waals surface area contributed by atoms with Gasteiger partial charge in [-0.15, -0.1) is 24.0 Å². The van der Waals surface area contributed by atoms with Crippen molar-refractivity contribution in [3.8, 4) is 11.8 Å². The van der Waals surface area contributed by atoms with Crippen molar-refractivity contribution in [3.05, 3.63) is 35.4 Å². The van der Waals surface area contributed by atoms with E-state index in [9.17, 15) is 13.2 Å². The second kappa shape index (κ2) is 12.5. The largest absolute Gasteiger partial charge is 0.416 e. The van der Waals surface area contributed by atoms with Crippen LogP contribution >= 0.6 is 24.0 Å². The summed E-state index contributed by atoms with van der Waals surface area (Å²) in [6.45, 7) is 5.31. The number of guanidine groups is 1. The Balaban J connectivity index is 0.00000341. The van der Waals surface area contributed by atoms with E-state index >= 15 is 0 Å². The van der Waals surface area contributed by atoms with Gasteiger partial charge in [-0.25, -0.2) is 0 Å². The number of rotatable bonds is 4. The molecule has 9 heteroatoms. The summed E-state index contributed by atoms with van der Waals surface area (Å²) in [5, 5.41) is 6.53. The minimum Gasteiger partial charge on any atom is -0.381 e. The molecule has 0 aliphatic carbocycles. The van der Waals surface area contributed by atoms with Crippen LogP contribution in [-0.4, -0.2) is 63.3 Å². The van der Waals surface area contributed by atoms with Gasteiger partial charge in [-0.3, -0.25) is 4.99 Å². The molecule has 0 aromatic heterocycles. The molecule has 2 aliphatic heterocycles. The molecule has 3 rings (SSSR count). The predicted molar refractivity (Wildman–Crippen MR) is 127 cm³/mol. The maximum Gasteiger partial charge on any atom is 0.416 e. The van der Waals surface area contributed by atoms with Gasteiger partial charge < -0.3 is 20.3 Å². The van der Waals surface area contributed by atoms with Crippen LogP contribution in [0.15, 0.2) is 29.3 Å². The minimum absolute atomic E-state index is 0. The van der Waals surface area contributed by atoms with Crippen molar-refractivity contribution < 1.29 is 17.9 Å². The van der Waals surface area contributed by atoms with Crippen molar-refractivity contribution in [1.82, 2.24) is 15.5 Å². The fourth-order valence-corrected chi connectivity index (χ4v) is 3.79. The highest BCUT2D eigenvalue weighted by Crippen LogP contribution is 2.29. The Kier molecular flexibility index (Phi) is 10.4. The number of alkyl halides is 3. The third-order valence-electron chi connectivity index (χ3n) is 5.46. The summed E-state index contributed by atoms with van der Waals surface area (Å²) in [5.41, 5.74) is -0.346. The third-order valence-corrected chi connectivity index (χ3v) is 5.46. The molecule has 2 saturated heterocycles. The highest BCUT2D eigenvalue weighted by atomic mass is 127. The van der Waals surface area contributed by atoms with Gasteiger partial charge in [-0.05, 0) is 43.4 Å². The Bertz CT molecular complexity index is 777. The lowest BCUT2D eigenvalue weighted by molar-refractivity contribution is -0.137. The Hall–Kier alpha value is -1.51. The monoisotopic (exact) mass is 550 g/mol. The minimum atomic E-state index is -4.36. The second-order valence-electron chi connectivity index (χ2n) is 7.75. The third kappa shape index (κ3) is 8.50. The highest BCUT2D eigenvalue weighted by Gasteiger charge is 2.30. The van der Waals surface area contributed by atoms with Crippen molar-refractivity contribution in [2.45, 2.75) is 31.5 Å². The molecule has 2 aliphatic rings. The number of nitrogens with one attached hydrogen (secondary N) is 2. The SMILES string of the molecule is CN=C(NCC#Cc1cccc(C(F)(F)F)c1)NC1CCN(CC2CCOC2)CC1.I. The summed E-state index contributed by atoms with van der Waals surface area (Å²) in [6.07, 6.45) is -1.10. The van der Waals surface area contributed by atoms with E-state index in [1.54, 1.807) is 13.1 Å². The first-order chi connectivity index (χ1) is 14.4. The molecule has 1 aromatic carbocycles. The molecule has 0 spiro atoms. The lowest BCUT2D eigenvalue weighted by Crippen LogP contribution is -2.49. The summed E-state index contributed by atoms with van der Waals surface area (Å²) in [6, 6.07) is 5.39. The lowest BCUT2D eigenvalue weighted by atomic mass is 10.0. The zero-order valence-corrected chi connectivity index (χ0v) is 20.0. The van der Waals surface area contributed by atoms with Crippen LogP contribution in [0.3, 0.4) is 0 Å². The number of piperidine rings is 1. The Morgan fingerprint density at radius 3 is 2.68 bits per heavy atom. The number of likely N-dealkylation sites (tertiary alicyclic amines) is 1. The van der Waals surface area contributed by atoms with Crippen LogP contribution in [0.25, 0.3) is 0 Å². The summed E-state index contributed by atoms with van der Waals surface area (Å²) < 4.78 is 43.7. The molecular formula is C22H30F3IN4O. The summed E-state index contributed by atoms with van der Waals surface area (Å²) in [7, 11) is 1.70. The molecule has 2 heterocycles. The van der Waals surface area contributed by atoms with Gasteiger partial charge in [0.15, 0.2) is 5.96 Å². The highest BCUT2D eigenvalue weighted by molar-refractivity contribution is 14.0. The number of nitrogens with zero attached hydrogens (tertiary/aromatic N) is 2. The zero-order chi connectivity index (χ0) is 21.4. The van der Waals surface area contributed by atoms with Crippen molar-refractivity contribution in [1.29, 1.82) is 0 Å². The number of ether oxygens (including phenoxy) is 1. The molecule has 2 N–H and O–H groups in total. The molecule has 5 nitrogen and oxygen atoms in total. The van der Waals surface area contributed by atoms with Crippen LogP contribution in [0.5, 0.6) is 0 Å². The maximum atomic E-state index is 12.8. The average molecular weight is 550 g/mol. The molecule has 1 unspecified atom stereocenters. The van der Waals surface area contributed by atoms with E-state index in [2.05, 4.69) is 32.4 Å². The van der Waals surface area contributed by atoms with Crippen molar-refractivity contribution in [3.63, 3.8) is 0 Å². The summed E-state index contributed by atoms with van der Waals surface area (Å²) in [5.74, 6) is 6.96. The van der Waals surface area contributed by atoms with Gasteiger partial charge in [0.25, 0.3) is 0 Å². The Morgan fingerprint density at radius 2 is 2.03 bits per heavy atom. The first-order valence-corrected chi connectivity index (χ1v) is 10.4. The zero-order valence-electron chi connectivity index (χ0n) is 17.7. The van der Waals surface area contributed by atoms with E-state index in [1.807, 2.05) is 0 Å². The van der Waals surface area contributed by atoms with Gasteiger partial charge in [0.1, 0.15) is 0 Å². The summed E-state index contributed by atoms with van der Waals surface area (Å²) in [4.78, 5) is 6.73. The molecule has 31 heavy (non-hydrogen) atoms. The molecule has 0 bridgehead atoms. The maximum absolute atomic E-state index is 12.8. The quantitative estimate of drug-likeness (QED) is 0.262. The fourth-order valence-electron chi connectivity index (χ4n) is 3.79. The van der Waals surface area contributed by atoms with Crippen molar-refractivity contribution in [2.75, 3.05) is 46.4 Å². The van der Waals surface area contributed by atoms with Crippen molar-refractivity contribution in [2.24, 2.45) is 10.9 Å². The molecule has 172 valence electrons. The molecule has 2 fully saturated rings. The van der Waals surface area contributed by atoms with Crippen LogP contribution in [0.2, 0.25) is 0 Å². The van der Waals surface area contributed by atoms with Gasteiger partial charge in [0.2, 0.25) is 0 Å². The topological polar surface area (TPSA) is 48.9 Å². The molecule has 0 amide bonds. The molecule has 0 saturated carbocycles. The second-order valence-corrected chi connectivity index (χ2v) is 7.75. The van der Waals surface area contributed by atoms with Crippen LogP contribution < -0.4 is 10.6 Å². The molecule has 1 atom stereocenters. The van der Waals surface area contributed by atoms with Crippen LogP contribution in [0.4, 0.5) is 13.2 Å². The van der Waals surface area contributed by atoms with Gasteiger partial charge >= 0.3 is 6.18 Å². The molecule has 1 aromatic rings. The Morgan fingerprint density at radius 1 is 1.26 bits per heavy atom. The number of halogens is 4. The number of hydrogen-bond donors (Lipinski definition) is 2. The van der Waals surface area contributed by atoms with E-state index in [4.69, 9.17) is 4.74 Å². The van der Waals surface area contributed by atoms with Gasteiger partial charge in [0, 0.05) is 44.9 Å². The number of benzene rings is 1. The number of hydrogen-bond acceptors (Lipinski definition) is 3. The molecular weight excluding hydrogens is 520 g/mol. The van der Waals surface area contributed by atoms with Crippen LogP contribution in [0.1, 0.15) is 30.4 Å². The van der Waals surface area contributed by atoms with E-state index < -0.39 is 11.7 Å². The van der Waals surface area contributed by atoms with Crippen LogP contribution in [0, 0.1) is 17.8 Å². The lowest BCUT2D eigenvalue weighted by Gasteiger charge is -2.34. The van der Waals surface area contributed by atoms with Crippen LogP contribution in [-0.2, 0) is 10.9 Å². The van der Waals surface area contributed by atoms with Crippen molar-refractivity contribution >= 4 is 29.9 Å². The average Bonchev–Trinajstić information content (AvgIpc) is 3.24. The normalized spacial score (nSPS) is 20.5. The first kappa shape index (κ1) is 25.7. The standard InChI is InChI=1S/C22H29F3N4O.HI/c1-26-21(27-10-3-5-17-4-2-6-19(14-17)22(23,24)25)28-20-7-11-29(12-8-20)15-18-9-13-30-16-18;/h2,4,6,14,18,20H,7-13,15-16H2,1H3,(H2,26,27,28);1H. The smallest absolute Gasteiger partial charge is 0.381 e.